The molecule has 0 saturated heterocycles. The van der Waals surface area contributed by atoms with E-state index in [2.05, 4.69) is 39.1 Å². The van der Waals surface area contributed by atoms with Crippen molar-refractivity contribution >= 4 is 49.7 Å². The summed E-state index contributed by atoms with van der Waals surface area (Å²) < 4.78 is 3.14. The van der Waals surface area contributed by atoms with Gasteiger partial charge in [-0.2, -0.15) is 5.10 Å². The topological polar surface area (TPSA) is 85.3 Å². The van der Waals surface area contributed by atoms with Crippen molar-refractivity contribution in [3.05, 3.63) is 59.8 Å². The van der Waals surface area contributed by atoms with Gasteiger partial charge in [0.2, 0.25) is 5.91 Å². The number of hydrazone groups is 1. The number of anilines is 1. The Kier molecular flexibility index (Phi) is 4.60. The monoisotopic (exact) mass is 377 g/mol. The van der Waals surface area contributed by atoms with Crippen LogP contribution in [-0.2, 0) is 17.8 Å². The largest absolute Gasteiger partial charge is 0.375 e. The van der Waals surface area contributed by atoms with Gasteiger partial charge in [0.1, 0.15) is 0 Å². The number of nitrogens with one attached hydrogen (secondary N) is 1. The highest BCUT2D eigenvalue weighted by atomic mass is 32.1. The van der Waals surface area contributed by atoms with E-state index >= 15 is 0 Å². The van der Waals surface area contributed by atoms with Crippen LogP contribution in [0.4, 0.5) is 5.13 Å². The maximum absolute atomic E-state index is 12.2. The van der Waals surface area contributed by atoms with Crippen molar-refractivity contribution < 1.29 is 4.79 Å². The van der Waals surface area contributed by atoms with Crippen molar-refractivity contribution in [1.29, 1.82) is 0 Å². The second-order valence-electron chi connectivity index (χ2n) is 6.21. The van der Waals surface area contributed by atoms with Crippen LogP contribution in [0.1, 0.15) is 18.1 Å². The minimum Gasteiger partial charge on any atom is -0.375 e. The predicted molar refractivity (Wildman–Crippen MR) is 111 cm³/mol. The number of thiazole rings is 1. The van der Waals surface area contributed by atoms with Crippen LogP contribution in [0.5, 0.6) is 0 Å². The Balaban J connectivity index is 1.45. The number of nitrogens with zero attached hydrogens (tertiary/aromatic N) is 3. The highest BCUT2D eigenvalue weighted by molar-refractivity contribution is 7.22. The van der Waals surface area contributed by atoms with Crippen molar-refractivity contribution in [3.8, 4) is 0 Å². The van der Waals surface area contributed by atoms with Crippen LogP contribution >= 0.6 is 11.3 Å². The molecule has 4 rings (SSSR count). The van der Waals surface area contributed by atoms with Gasteiger partial charge in [-0.1, -0.05) is 35.6 Å². The summed E-state index contributed by atoms with van der Waals surface area (Å²) in [5.41, 5.74) is 12.2. The molecule has 0 aliphatic carbocycles. The summed E-state index contributed by atoms with van der Waals surface area (Å²) in [4.78, 5) is 16.4. The molecule has 136 valence electrons. The summed E-state index contributed by atoms with van der Waals surface area (Å²) in [5.74, 6) is -0.165. The number of carbonyl (C=O) groups is 1. The number of para-hydroxylation sites is 1. The molecule has 0 fully saturated rings. The van der Waals surface area contributed by atoms with Crippen LogP contribution in [0, 0.1) is 0 Å². The average molecular weight is 377 g/mol. The molecule has 0 unspecified atom stereocenters. The van der Waals surface area contributed by atoms with Crippen molar-refractivity contribution in [2.24, 2.45) is 5.10 Å². The first-order valence-corrected chi connectivity index (χ1v) is 9.50. The summed E-state index contributed by atoms with van der Waals surface area (Å²) in [6, 6.07) is 13.9. The molecule has 3 N–H and O–H groups in total. The van der Waals surface area contributed by atoms with Gasteiger partial charge in [0.05, 0.1) is 22.9 Å². The van der Waals surface area contributed by atoms with Gasteiger partial charge >= 0.3 is 0 Å². The SMILES string of the molecule is CCn1cc(/C=N\NC(=O)Cc2ccc3nc(N)sc3c2)c2ccccc21. The smallest absolute Gasteiger partial charge is 0.244 e. The van der Waals surface area contributed by atoms with E-state index in [1.54, 1.807) is 6.21 Å². The van der Waals surface area contributed by atoms with Crippen molar-refractivity contribution in [3.63, 3.8) is 0 Å². The lowest BCUT2D eigenvalue weighted by Gasteiger charge is -2.00. The van der Waals surface area contributed by atoms with Crippen LogP contribution in [0.25, 0.3) is 21.1 Å². The molecule has 0 saturated carbocycles. The van der Waals surface area contributed by atoms with Gasteiger partial charge in [0.15, 0.2) is 5.13 Å². The van der Waals surface area contributed by atoms with Gasteiger partial charge < -0.3 is 10.3 Å². The van der Waals surface area contributed by atoms with Crippen molar-refractivity contribution in [2.45, 2.75) is 19.9 Å². The van der Waals surface area contributed by atoms with E-state index in [4.69, 9.17) is 5.73 Å². The molecule has 2 heterocycles. The molecule has 2 aromatic heterocycles. The van der Waals surface area contributed by atoms with E-state index in [9.17, 15) is 4.79 Å². The van der Waals surface area contributed by atoms with E-state index in [-0.39, 0.29) is 12.3 Å². The van der Waals surface area contributed by atoms with Crippen LogP contribution in [-0.4, -0.2) is 21.7 Å². The lowest BCUT2D eigenvalue weighted by atomic mass is 10.1. The molecule has 0 atom stereocenters. The second kappa shape index (κ2) is 7.20. The number of aryl methyl sites for hydroxylation is 1. The Morgan fingerprint density at radius 3 is 3.04 bits per heavy atom. The molecule has 6 nitrogen and oxygen atoms in total. The molecular weight excluding hydrogens is 358 g/mol. The van der Waals surface area contributed by atoms with E-state index < -0.39 is 0 Å². The number of amides is 1. The first kappa shape index (κ1) is 17.2. The highest BCUT2D eigenvalue weighted by Gasteiger charge is 2.07. The Morgan fingerprint density at radius 1 is 1.33 bits per heavy atom. The number of rotatable bonds is 5. The van der Waals surface area contributed by atoms with Gasteiger partial charge in [0, 0.05) is 29.2 Å². The van der Waals surface area contributed by atoms with E-state index in [1.165, 1.54) is 11.3 Å². The van der Waals surface area contributed by atoms with E-state index in [0.29, 0.717) is 5.13 Å². The third-order valence-electron chi connectivity index (χ3n) is 4.39. The molecule has 4 aromatic rings. The molecule has 0 spiro atoms. The Morgan fingerprint density at radius 2 is 2.19 bits per heavy atom. The van der Waals surface area contributed by atoms with E-state index in [0.717, 1.165) is 38.8 Å². The average Bonchev–Trinajstić information content (AvgIpc) is 3.21. The summed E-state index contributed by atoms with van der Waals surface area (Å²) in [6.07, 6.45) is 3.99. The molecule has 0 aliphatic heterocycles. The van der Waals surface area contributed by atoms with Crippen LogP contribution < -0.4 is 11.2 Å². The third-order valence-corrected chi connectivity index (χ3v) is 5.23. The summed E-state index contributed by atoms with van der Waals surface area (Å²) >= 11 is 1.42. The fraction of sp³-hybridized carbons (Fsp3) is 0.150. The number of carbonyl (C=O) groups excluding carboxylic acids is 1. The number of nitrogen functional groups attached to an aromatic ring is 1. The normalized spacial score (nSPS) is 11.6. The molecule has 7 heteroatoms. The Labute approximate surface area is 160 Å². The maximum Gasteiger partial charge on any atom is 0.244 e. The van der Waals surface area contributed by atoms with Crippen LogP contribution in [0.2, 0.25) is 0 Å². The third kappa shape index (κ3) is 3.54. The van der Waals surface area contributed by atoms with Gasteiger partial charge in [-0.15, -0.1) is 0 Å². The molecule has 2 aromatic carbocycles. The molecule has 1 amide bonds. The number of hydrogen-bond donors (Lipinski definition) is 2. The zero-order chi connectivity index (χ0) is 18.8. The van der Waals surface area contributed by atoms with Crippen LogP contribution in [0.3, 0.4) is 0 Å². The highest BCUT2D eigenvalue weighted by Crippen LogP contribution is 2.24. The fourth-order valence-corrected chi connectivity index (χ4v) is 3.93. The Hall–Kier alpha value is -3.19. The van der Waals surface area contributed by atoms with Crippen LogP contribution in [0.15, 0.2) is 53.8 Å². The van der Waals surface area contributed by atoms with Gasteiger partial charge in [0.25, 0.3) is 0 Å². The molecule has 27 heavy (non-hydrogen) atoms. The molecule has 0 bridgehead atoms. The second-order valence-corrected chi connectivity index (χ2v) is 7.27. The lowest BCUT2D eigenvalue weighted by molar-refractivity contribution is -0.120. The number of fused-ring (bicyclic) bond motifs is 2. The lowest BCUT2D eigenvalue weighted by Crippen LogP contribution is -2.19. The number of nitrogens with two attached hydrogens (primary N) is 1. The van der Waals surface area contributed by atoms with Gasteiger partial charge in [-0.3, -0.25) is 4.79 Å². The van der Waals surface area contributed by atoms with Gasteiger partial charge in [-0.05, 0) is 30.7 Å². The summed E-state index contributed by atoms with van der Waals surface area (Å²) in [7, 11) is 0. The minimum absolute atomic E-state index is 0.165. The van der Waals surface area contributed by atoms with Gasteiger partial charge in [-0.25, -0.2) is 10.4 Å². The summed E-state index contributed by atoms with van der Waals surface area (Å²) in [6.45, 7) is 2.98. The molecular formula is C20H19N5OS. The zero-order valence-corrected chi connectivity index (χ0v) is 15.7. The molecule has 0 radical (unpaired) electrons. The fourth-order valence-electron chi connectivity index (χ4n) is 3.14. The number of hydrogen-bond acceptors (Lipinski definition) is 5. The first-order chi connectivity index (χ1) is 13.1. The standard InChI is InChI=1S/C20H19N5OS/c1-2-25-12-14(15-5-3-4-6-17(15)25)11-22-24-19(26)10-13-7-8-16-18(9-13)27-20(21)23-16/h3-9,11-12H,2,10H2,1H3,(H2,21,23)(H,24,26)/b22-11-. The van der Waals surface area contributed by atoms with E-state index in [1.807, 2.05) is 36.5 Å². The molecule has 0 aliphatic rings. The first-order valence-electron chi connectivity index (χ1n) is 8.69. The zero-order valence-electron chi connectivity index (χ0n) is 14.8. The predicted octanol–water partition coefficient (Wildman–Crippen LogP) is 3.55. The number of aromatic nitrogens is 2. The summed E-state index contributed by atoms with van der Waals surface area (Å²) in [5, 5.41) is 5.78. The minimum atomic E-state index is -0.165. The maximum atomic E-state index is 12.2. The Bertz CT molecular complexity index is 1160. The number of benzene rings is 2. The van der Waals surface area contributed by atoms with Crippen molar-refractivity contribution in [2.75, 3.05) is 5.73 Å². The quantitative estimate of drug-likeness (QED) is 0.412. The van der Waals surface area contributed by atoms with Crippen molar-refractivity contribution in [1.82, 2.24) is 15.0 Å².